The van der Waals surface area contributed by atoms with E-state index in [1.54, 1.807) is 19.3 Å². The fraction of sp³-hybridized carbons (Fsp3) is 0.833. The first-order valence-corrected chi connectivity index (χ1v) is 10.5. The summed E-state index contributed by atoms with van der Waals surface area (Å²) in [5.74, 6) is 0.389. The summed E-state index contributed by atoms with van der Waals surface area (Å²) in [6.07, 6.45) is 1.74. The number of likely N-dealkylation sites (tertiary alicyclic amines) is 1. The number of carbonyl (C=O) groups excluding carboxylic acids is 1. The topological polar surface area (TPSA) is 102 Å². The summed E-state index contributed by atoms with van der Waals surface area (Å²) in [7, 11) is 1.95. The van der Waals surface area contributed by atoms with Gasteiger partial charge in [0.1, 0.15) is 29.9 Å². The van der Waals surface area contributed by atoms with Crippen LogP contribution in [0.4, 0.5) is 0 Å². The van der Waals surface area contributed by atoms with Crippen LogP contribution < -0.4 is 5.32 Å². The van der Waals surface area contributed by atoms with E-state index in [9.17, 15) is 20.1 Å². The predicted molar refractivity (Wildman–Crippen MR) is 102 cm³/mol. The third-order valence-corrected chi connectivity index (χ3v) is 6.18. The quantitative estimate of drug-likeness (QED) is 0.519. The summed E-state index contributed by atoms with van der Waals surface area (Å²) in [5.41, 5.74) is -0.256. The Bertz CT molecular complexity index is 516. The molecule has 0 radical (unpaired) electrons. The van der Waals surface area contributed by atoms with Crippen molar-refractivity contribution in [2.75, 3.05) is 19.8 Å². The van der Waals surface area contributed by atoms with Gasteiger partial charge in [0.05, 0.1) is 6.04 Å². The van der Waals surface area contributed by atoms with Crippen LogP contribution in [0.1, 0.15) is 33.1 Å². The number of allylic oxidation sites excluding steroid dienone is 1. The molecule has 0 aromatic heterocycles. The van der Waals surface area contributed by atoms with Gasteiger partial charge in [-0.2, -0.15) is 0 Å². The highest BCUT2D eigenvalue weighted by Gasteiger charge is 2.45. The van der Waals surface area contributed by atoms with Gasteiger partial charge < -0.3 is 25.4 Å². The number of thioether (sulfide) groups is 1. The molecular weight excluding hydrogens is 356 g/mol. The zero-order chi connectivity index (χ0) is 19.4. The van der Waals surface area contributed by atoms with Crippen LogP contribution in [-0.4, -0.2) is 81.9 Å². The number of amides is 1. The molecule has 5 unspecified atom stereocenters. The van der Waals surface area contributed by atoms with Gasteiger partial charge >= 0.3 is 0 Å². The molecule has 2 aliphatic heterocycles. The Hall–Kier alpha value is -0.640. The van der Waals surface area contributed by atoms with Crippen LogP contribution in [0, 0.1) is 5.92 Å². The van der Waals surface area contributed by atoms with E-state index in [1.807, 2.05) is 7.05 Å². The van der Waals surface area contributed by atoms with E-state index in [1.165, 1.54) is 11.8 Å². The lowest BCUT2D eigenvalue weighted by atomic mass is 9.97. The molecule has 1 amide bonds. The maximum Gasteiger partial charge on any atom is 0.241 e. The SMILES string of the molecule is C/C=C(\NC(=O)[C@@H]1C[C@@H](CCC)CN1C)C1OC(SC)C(O)C(O)C1O. The Morgan fingerprint density at radius 1 is 1.31 bits per heavy atom. The first-order chi connectivity index (χ1) is 12.3. The van der Waals surface area contributed by atoms with Crippen LogP contribution in [0.2, 0.25) is 0 Å². The number of hydrogen-bond donors (Lipinski definition) is 4. The largest absolute Gasteiger partial charge is 0.387 e. The van der Waals surface area contributed by atoms with Gasteiger partial charge in [-0.05, 0) is 39.0 Å². The normalized spacial score (nSPS) is 39.2. The van der Waals surface area contributed by atoms with Crippen LogP contribution in [0.15, 0.2) is 11.8 Å². The number of hydrogen-bond acceptors (Lipinski definition) is 7. The monoisotopic (exact) mass is 388 g/mol. The van der Waals surface area contributed by atoms with Crippen molar-refractivity contribution in [3.63, 3.8) is 0 Å². The molecule has 4 N–H and O–H groups in total. The first kappa shape index (κ1) is 21.7. The first-order valence-electron chi connectivity index (χ1n) is 9.23. The van der Waals surface area contributed by atoms with Gasteiger partial charge in [0.15, 0.2) is 0 Å². The van der Waals surface area contributed by atoms with Gasteiger partial charge in [-0.15, -0.1) is 11.8 Å². The summed E-state index contributed by atoms with van der Waals surface area (Å²) in [6, 6.07) is -0.214. The summed E-state index contributed by atoms with van der Waals surface area (Å²) in [4.78, 5) is 14.8. The maximum atomic E-state index is 12.8. The standard InChI is InChI=1S/C18H32N2O5S/c1-5-7-10-8-12(20(3)9-10)17(24)19-11(6-2)16-14(22)13(21)15(23)18(25-16)26-4/h6,10,12-16,18,21-23H,5,7-9H2,1-4H3,(H,19,24)/b11-6-/t10-,12+,13?,14?,15?,16?,18?/m1/s1. The van der Waals surface area contributed by atoms with Crippen LogP contribution in [0.25, 0.3) is 0 Å². The fourth-order valence-electron chi connectivity index (χ4n) is 3.86. The summed E-state index contributed by atoms with van der Waals surface area (Å²) in [6.45, 7) is 4.80. The van der Waals surface area contributed by atoms with Gasteiger partial charge in [0, 0.05) is 12.2 Å². The van der Waals surface area contributed by atoms with Gasteiger partial charge in [-0.25, -0.2) is 0 Å². The number of aliphatic hydroxyl groups excluding tert-OH is 3. The fourth-order valence-corrected chi connectivity index (χ4v) is 4.53. The van der Waals surface area contributed by atoms with E-state index >= 15 is 0 Å². The molecule has 0 saturated carbocycles. The van der Waals surface area contributed by atoms with Gasteiger partial charge in [0.25, 0.3) is 0 Å². The minimum atomic E-state index is -1.33. The molecule has 2 saturated heterocycles. The Morgan fingerprint density at radius 2 is 2.00 bits per heavy atom. The van der Waals surface area contributed by atoms with E-state index in [0.29, 0.717) is 11.6 Å². The molecule has 2 fully saturated rings. The van der Waals surface area contributed by atoms with Crippen LogP contribution in [-0.2, 0) is 9.53 Å². The molecule has 0 spiro atoms. The molecule has 7 nitrogen and oxygen atoms in total. The maximum absolute atomic E-state index is 12.8. The van der Waals surface area contributed by atoms with Crippen LogP contribution in [0.5, 0.6) is 0 Å². The lowest BCUT2D eigenvalue weighted by Crippen LogP contribution is -2.58. The highest BCUT2D eigenvalue weighted by molar-refractivity contribution is 7.99. The zero-order valence-electron chi connectivity index (χ0n) is 16.0. The van der Waals surface area contributed by atoms with Crippen molar-refractivity contribution in [1.29, 1.82) is 0 Å². The number of nitrogens with one attached hydrogen (secondary N) is 1. The Balaban J connectivity index is 2.05. The number of ether oxygens (including phenoxy) is 1. The minimum absolute atomic E-state index is 0.128. The average molecular weight is 389 g/mol. The lowest BCUT2D eigenvalue weighted by molar-refractivity contribution is -0.188. The molecular formula is C18H32N2O5S. The van der Waals surface area contributed by atoms with E-state index in [4.69, 9.17) is 4.74 Å². The van der Waals surface area contributed by atoms with Crippen molar-refractivity contribution in [3.8, 4) is 0 Å². The van der Waals surface area contributed by atoms with Crippen molar-refractivity contribution in [3.05, 3.63) is 11.8 Å². The Morgan fingerprint density at radius 3 is 2.58 bits per heavy atom. The Kier molecular flexibility index (Phi) is 7.93. The van der Waals surface area contributed by atoms with Gasteiger partial charge in [-0.3, -0.25) is 9.69 Å². The molecule has 2 rings (SSSR count). The second kappa shape index (κ2) is 9.52. The third kappa shape index (κ3) is 4.61. The molecule has 0 aliphatic carbocycles. The molecule has 0 aromatic carbocycles. The molecule has 2 heterocycles. The number of likely N-dealkylation sites (N-methyl/N-ethyl adjacent to an activating group) is 1. The Labute approximate surface area is 159 Å². The van der Waals surface area contributed by atoms with Crippen molar-refractivity contribution < 1.29 is 24.9 Å². The summed E-state index contributed by atoms with van der Waals surface area (Å²) < 4.78 is 5.74. The van der Waals surface area contributed by atoms with Crippen molar-refractivity contribution in [2.24, 2.45) is 5.92 Å². The predicted octanol–water partition coefficient (Wildman–Crippen LogP) is 0.297. The van der Waals surface area contributed by atoms with Crippen molar-refractivity contribution in [2.45, 2.75) is 69.0 Å². The number of nitrogens with zero attached hydrogens (tertiary/aromatic N) is 1. The molecule has 150 valence electrons. The zero-order valence-corrected chi connectivity index (χ0v) is 16.8. The second-order valence-electron chi connectivity index (χ2n) is 7.21. The number of aliphatic hydroxyl groups is 3. The smallest absolute Gasteiger partial charge is 0.241 e. The van der Waals surface area contributed by atoms with E-state index in [2.05, 4.69) is 17.1 Å². The van der Waals surface area contributed by atoms with Crippen LogP contribution >= 0.6 is 11.8 Å². The second-order valence-corrected chi connectivity index (χ2v) is 8.15. The number of rotatable bonds is 6. The van der Waals surface area contributed by atoms with E-state index in [-0.39, 0.29) is 11.9 Å². The van der Waals surface area contributed by atoms with E-state index < -0.39 is 29.9 Å². The molecule has 2 aliphatic rings. The molecule has 0 bridgehead atoms. The molecule has 0 aromatic rings. The summed E-state index contributed by atoms with van der Waals surface area (Å²) >= 11 is 1.25. The van der Waals surface area contributed by atoms with Crippen molar-refractivity contribution >= 4 is 17.7 Å². The van der Waals surface area contributed by atoms with E-state index in [0.717, 1.165) is 25.8 Å². The van der Waals surface area contributed by atoms with Gasteiger partial charge in [-0.1, -0.05) is 19.4 Å². The highest BCUT2D eigenvalue weighted by Crippen LogP contribution is 2.30. The third-order valence-electron chi connectivity index (χ3n) is 5.32. The number of carbonyl (C=O) groups is 1. The van der Waals surface area contributed by atoms with Crippen LogP contribution in [0.3, 0.4) is 0 Å². The average Bonchev–Trinajstić information content (AvgIpc) is 2.99. The molecule has 7 atom stereocenters. The molecule has 8 heteroatoms. The minimum Gasteiger partial charge on any atom is -0.387 e. The molecule has 26 heavy (non-hydrogen) atoms. The highest BCUT2D eigenvalue weighted by atomic mass is 32.2. The lowest BCUT2D eigenvalue weighted by Gasteiger charge is -2.41. The van der Waals surface area contributed by atoms with Gasteiger partial charge in [0.2, 0.25) is 5.91 Å². The van der Waals surface area contributed by atoms with Crippen molar-refractivity contribution in [1.82, 2.24) is 10.2 Å². The summed E-state index contributed by atoms with van der Waals surface area (Å²) in [5, 5.41) is 33.3.